The molecule has 0 saturated carbocycles. The summed E-state index contributed by atoms with van der Waals surface area (Å²) in [5.74, 6) is -0.139. The molecule has 3 aromatic rings. The number of rotatable bonds is 6. The lowest BCUT2D eigenvalue weighted by Crippen LogP contribution is -2.26. The fourth-order valence-corrected chi connectivity index (χ4v) is 2.72. The van der Waals surface area contributed by atoms with Crippen molar-refractivity contribution in [3.05, 3.63) is 83.7 Å². The van der Waals surface area contributed by atoms with Gasteiger partial charge in [0, 0.05) is 44.4 Å². The number of amides is 2. The van der Waals surface area contributed by atoms with Crippen LogP contribution >= 0.6 is 0 Å². The molecule has 0 aliphatic rings. The lowest BCUT2D eigenvalue weighted by atomic mass is 10.1. The molecular formula is C21H22N4O2. The van der Waals surface area contributed by atoms with Crippen LogP contribution in [0.25, 0.3) is 5.69 Å². The number of benzene rings is 2. The molecule has 0 fully saturated rings. The molecule has 0 bridgehead atoms. The molecule has 0 unspecified atom stereocenters. The molecule has 0 aliphatic carbocycles. The van der Waals surface area contributed by atoms with Crippen molar-refractivity contribution in [1.82, 2.24) is 20.0 Å². The summed E-state index contributed by atoms with van der Waals surface area (Å²) in [6, 6.07) is 17.1. The van der Waals surface area contributed by atoms with Crippen LogP contribution in [-0.4, -0.2) is 33.5 Å². The van der Waals surface area contributed by atoms with Crippen LogP contribution < -0.4 is 5.32 Å². The third kappa shape index (κ3) is 4.82. The first-order valence-corrected chi connectivity index (χ1v) is 8.71. The van der Waals surface area contributed by atoms with E-state index in [2.05, 4.69) is 10.4 Å². The second kappa shape index (κ2) is 8.31. The standard InChI is InChI=1S/C21H22N4O2/c1-16(26)22-12-17-8-10-19(11-9-17)21(27)24(2)14-18-13-23-25(15-18)20-6-4-3-5-7-20/h3-11,13,15H,12,14H2,1-2H3,(H,22,26). The summed E-state index contributed by atoms with van der Waals surface area (Å²) in [5, 5.41) is 7.10. The molecule has 0 spiro atoms. The number of carbonyl (C=O) groups is 2. The van der Waals surface area contributed by atoms with Crippen molar-refractivity contribution in [3.8, 4) is 5.69 Å². The van der Waals surface area contributed by atoms with Crippen LogP contribution in [0.3, 0.4) is 0 Å². The second-order valence-corrected chi connectivity index (χ2v) is 6.40. The van der Waals surface area contributed by atoms with Crippen LogP contribution in [0.1, 0.15) is 28.4 Å². The number of para-hydroxylation sites is 1. The molecule has 138 valence electrons. The Kier molecular flexibility index (Phi) is 5.66. The molecule has 0 aliphatic heterocycles. The number of aromatic nitrogens is 2. The van der Waals surface area contributed by atoms with Gasteiger partial charge in [0.2, 0.25) is 5.91 Å². The first-order chi connectivity index (χ1) is 13.0. The maximum atomic E-state index is 12.6. The van der Waals surface area contributed by atoms with Gasteiger partial charge in [0.15, 0.2) is 0 Å². The van der Waals surface area contributed by atoms with E-state index in [4.69, 9.17) is 0 Å². The molecular weight excluding hydrogens is 340 g/mol. The fraction of sp³-hybridized carbons (Fsp3) is 0.190. The maximum Gasteiger partial charge on any atom is 0.253 e. The normalized spacial score (nSPS) is 10.4. The number of hydrogen-bond acceptors (Lipinski definition) is 3. The number of nitrogens with zero attached hydrogens (tertiary/aromatic N) is 3. The highest BCUT2D eigenvalue weighted by Gasteiger charge is 2.13. The Bertz CT molecular complexity index is 917. The monoisotopic (exact) mass is 362 g/mol. The van der Waals surface area contributed by atoms with Crippen LogP contribution in [0.4, 0.5) is 0 Å². The summed E-state index contributed by atoms with van der Waals surface area (Å²) in [5.41, 5.74) is 3.50. The van der Waals surface area contributed by atoms with Crippen molar-refractivity contribution in [2.24, 2.45) is 0 Å². The van der Waals surface area contributed by atoms with Crippen LogP contribution in [0.5, 0.6) is 0 Å². The molecule has 3 rings (SSSR count). The van der Waals surface area contributed by atoms with Crippen molar-refractivity contribution in [2.45, 2.75) is 20.0 Å². The van der Waals surface area contributed by atoms with E-state index in [0.29, 0.717) is 18.7 Å². The quantitative estimate of drug-likeness (QED) is 0.733. The van der Waals surface area contributed by atoms with Crippen molar-refractivity contribution < 1.29 is 9.59 Å². The van der Waals surface area contributed by atoms with Gasteiger partial charge in [-0.05, 0) is 29.8 Å². The van der Waals surface area contributed by atoms with Crippen LogP contribution in [0.2, 0.25) is 0 Å². The predicted octanol–water partition coefficient (Wildman–Crippen LogP) is 2.78. The fourth-order valence-electron chi connectivity index (χ4n) is 2.72. The van der Waals surface area contributed by atoms with E-state index in [9.17, 15) is 9.59 Å². The topological polar surface area (TPSA) is 67.2 Å². The number of hydrogen-bond donors (Lipinski definition) is 1. The smallest absolute Gasteiger partial charge is 0.253 e. The zero-order valence-electron chi connectivity index (χ0n) is 15.4. The molecule has 0 saturated heterocycles. The van der Waals surface area contributed by atoms with Gasteiger partial charge in [-0.1, -0.05) is 30.3 Å². The average molecular weight is 362 g/mol. The van der Waals surface area contributed by atoms with Gasteiger partial charge < -0.3 is 10.2 Å². The van der Waals surface area contributed by atoms with Gasteiger partial charge in [-0.15, -0.1) is 0 Å². The average Bonchev–Trinajstić information content (AvgIpc) is 3.15. The highest BCUT2D eigenvalue weighted by Crippen LogP contribution is 2.12. The van der Waals surface area contributed by atoms with Gasteiger partial charge in [-0.25, -0.2) is 4.68 Å². The SMILES string of the molecule is CC(=O)NCc1ccc(C(=O)N(C)Cc2cnn(-c3ccccc3)c2)cc1. The minimum absolute atomic E-state index is 0.0615. The molecule has 1 aromatic heterocycles. The second-order valence-electron chi connectivity index (χ2n) is 6.40. The molecule has 1 N–H and O–H groups in total. The summed E-state index contributed by atoms with van der Waals surface area (Å²) >= 11 is 0. The van der Waals surface area contributed by atoms with E-state index >= 15 is 0 Å². The Morgan fingerprint density at radius 2 is 1.74 bits per heavy atom. The highest BCUT2D eigenvalue weighted by atomic mass is 16.2. The number of carbonyl (C=O) groups excluding carboxylic acids is 2. The molecule has 1 heterocycles. The van der Waals surface area contributed by atoms with Gasteiger partial charge in [-0.3, -0.25) is 9.59 Å². The van der Waals surface area contributed by atoms with Crippen molar-refractivity contribution in [3.63, 3.8) is 0 Å². The van der Waals surface area contributed by atoms with E-state index in [1.807, 2.05) is 48.7 Å². The first-order valence-electron chi connectivity index (χ1n) is 8.71. The summed E-state index contributed by atoms with van der Waals surface area (Å²) in [4.78, 5) is 25.3. The van der Waals surface area contributed by atoms with E-state index in [1.165, 1.54) is 6.92 Å². The molecule has 0 radical (unpaired) electrons. The van der Waals surface area contributed by atoms with Gasteiger partial charge in [0.05, 0.1) is 11.9 Å². The first kappa shape index (κ1) is 18.4. The lowest BCUT2D eigenvalue weighted by molar-refractivity contribution is -0.119. The van der Waals surface area contributed by atoms with Crippen molar-refractivity contribution in [2.75, 3.05) is 7.05 Å². The van der Waals surface area contributed by atoms with E-state index < -0.39 is 0 Å². The summed E-state index contributed by atoms with van der Waals surface area (Å²) in [6.45, 7) is 2.41. The predicted molar refractivity (Wildman–Crippen MR) is 103 cm³/mol. The van der Waals surface area contributed by atoms with Crippen molar-refractivity contribution >= 4 is 11.8 Å². The molecule has 2 amide bonds. The van der Waals surface area contributed by atoms with Crippen molar-refractivity contribution in [1.29, 1.82) is 0 Å². The van der Waals surface area contributed by atoms with E-state index in [-0.39, 0.29) is 11.8 Å². The molecule has 6 nitrogen and oxygen atoms in total. The largest absolute Gasteiger partial charge is 0.352 e. The Morgan fingerprint density at radius 3 is 2.41 bits per heavy atom. The Balaban J connectivity index is 1.62. The minimum atomic E-state index is -0.0778. The summed E-state index contributed by atoms with van der Waals surface area (Å²) < 4.78 is 1.80. The molecule has 2 aromatic carbocycles. The highest BCUT2D eigenvalue weighted by molar-refractivity contribution is 5.94. The third-order valence-electron chi connectivity index (χ3n) is 4.17. The van der Waals surface area contributed by atoms with E-state index in [0.717, 1.165) is 16.8 Å². The molecule has 27 heavy (non-hydrogen) atoms. The maximum absolute atomic E-state index is 12.6. The number of nitrogens with one attached hydrogen (secondary N) is 1. The minimum Gasteiger partial charge on any atom is -0.352 e. The van der Waals surface area contributed by atoms with Crippen LogP contribution in [0, 0.1) is 0 Å². The third-order valence-corrected chi connectivity index (χ3v) is 4.17. The Morgan fingerprint density at radius 1 is 1.04 bits per heavy atom. The zero-order chi connectivity index (χ0) is 19.2. The Labute approximate surface area is 158 Å². The zero-order valence-corrected chi connectivity index (χ0v) is 15.4. The summed E-state index contributed by atoms with van der Waals surface area (Å²) in [7, 11) is 1.77. The van der Waals surface area contributed by atoms with Gasteiger partial charge in [0.1, 0.15) is 0 Å². The molecule has 6 heteroatoms. The lowest BCUT2D eigenvalue weighted by Gasteiger charge is -2.16. The van der Waals surface area contributed by atoms with Crippen LogP contribution in [0.15, 0.2) is 67.0 Å². The van der Waals surface area contributed by atoms with Gasteiger partial charge in [-0.2, -0.15) is 5.10 Å². The Hall–Kier alpha value is -3.41. The van der Waals surface area contributed by atoms with Crippen LogP contribution in [-0.2, 0) is 17.9 Å². The molecule has 0 atom stereocenters. The summed E-state index contributed by atoms with van der Waals surface area (Å²) in [6.07, 6.45) is 3.70. The van der Waals surface area contributed by atoms with Gasteiger partial charge >= 0.3 is 0 Å². The van der Waals surface area contributed by atoms with E-state index in [1.54, 1.807) is 35.0 Å². The van der Waals surface area contributed by atoms with Gasteiger partial charge in [0.25, 0.3) is 5.91 Å².